The molecule has 0 heterocycles. The van der Waals surface area contributed by atoms with Crippen LogP contribution in [0.1, 0.15) is 18.9 Å². The number of halogens is 3. The largest absolute Gasteiger partial charge is 0.573 e. The first-order valence-electron chi connectivity index (χ1n) is 5.94. The van der Waals surface area contributed by atoms with Gasteiger partial charge in [-0.1, -0.05) is 25.5 Å². The molecule has 0 fully saturated rings. The minimum atomic E-state index is -4.63. The van der Waals surface area contributed by atoms with Gasteiger partial charge in [-0.15, -0.1) is 13.2 Å². The van der Waals surface area contributed by atoms with Crippen molar-refractivity contribution in [1.29, 1.82) is 0 Å². The van der Waals surface area contributed by atoms with Crippen LogP contribution in [0.15, 0.2) is 24.3 Å². The molecule has 0 saturated carbocycles. The smallest absolute Gasteiger partial charge is 0.406 e. The topological polar surface area (TPSA) is 21.3 Å². The Morgan fingerprint density at radius 2 is 1.83 bits per heavy atom. The lowest BCUT2D eigenvalue weighted by Gasteiger charge is -2.14. The Balaban J connectivity index is 2.59. The lowest BCUT2D eigenvalue weighted by Crippen LogP contribution is -2.20. The summed E-state index contributed by atoms with van der Waals surface area (Å²) >= 11 is 0. The Morgan fingerprint density at radius 1 is 1.22 bits per heavy atom. The molecular weight excluding hydrogens is 243 g/mol. The van der Waals surface area contributed by atoms with Gasteiger partial charge in [0, 0.05) is 0 Å². The highest BCUT2D eigenvalue weighted by Gasteiger charge is 2.30. The summed E-state index contributed by atoms with van der Waals surface area (Å²) in [6.45, 7) is 3.00. The molecule has 0 saturated heterocycles. The van der Waals surface area contributed by atoms with Crippen molar-refractivity contribution >= 4 is 0 Å². The maximum atomic E-state index is 12.0. The van der Waals surface area contributed by atoms with Crippen molar-refractivity contribution in [1.82, 2.24) is 5.32 Å². The van der Waals surface area contributed by atoms with E-state index in [1.807, 2.05) is 7.05 Å². The second kappa shape index (κ2) is 6.64. The highest BCUT2D eigenvalue weighted by Crippen LogP contribution is 2.23. The fraction of sp³-hybridized carbons (Fsp3) is 0.538. The van der Waals surface area contributed by atoms with Crippen LogP contribution in [0, 0.1) is 5.92 Å². The average molecular weight is 261 g/mol. The van der Waals surface area contributed by atoms with Crippen molar-refractivity contribution in [2.45, 2.75) is 26.1 Å². The van der Waals surface area contributed by atoms with Crippen molar-refractivity contribution < 1.29 is 17.9 Å². The van der Waals surface area contributed by atoms with Gasteiger partial charge in [-0.05, 0) is 43.6 Å². The maximum absolute atomic E-state index is 12.0. The van der Waals surface area contributed by atoms with Crippen LogP contribution in [0.4, 0.5) is 13.2 Å². The van der Waals surface area contributed by atoms with Gasteiger partial charge >= 0.3 is 6.36 Å². The van der Waals surface area contributed by atoms with Crippen molar-refractivity contribution in [2.75, 3.05) is 13.6 Å². The molecule has 5 heteroatoms. The lowest BCUT2D eigenvalue weighted by molar-refractivity contribution is -0.274. The van der Waals surface area contributed by atoms with E-state index >= 15 is 0 Å². The average Bonchev–Trinajstić information content (AvgIpc) is 2.29. The molecule has 2 nitrogen and oxygen atoms in total. The molecule has 0 spiro atoms. The summed E-state index contributed by atoms with van der Waals surface area (Å²) in [7, 11) is 1.89. The zero-order valence-electron chi connectivity index (χ0n) is 10.6. The minimum Gasteiger partial charge on any atom is -0.406 e. The van der Waals surface area contributed by atoms with Crippen molar-refractivity contribution in [3.8, 4) is 5.75 Å². The van der Waals surface area contributed by atoms with E-state index in [0.29, 0.717) is 5.92 Å². The zero-order valence-corrected chi connectivity index (χ0v) is 10.6. The zero-order chi connectivity index (χ0) is 13.6. The maximum Gasteiger partial charge on any atom is 0.573 e. The lowest BCUT2D eigenvalue weighted by atomic mass is 9.97. The Labute approximate surface area is 105 Å². The van der Waals surface area contributed by atoms with Crippen LogP contribution in [-0.4, -0.2) is 20.0 Å². The molecule has 0 aromatic heterocycles. The molecule has 1 unspecified atom stereocenters. The summed E-state index contributed by atoms with van der Waals surface area (Å²) in [5.41, 5.74) is 1.02. The number of rotatable bonds is 6. The van der Waals surface area contributed by atoms with Gasteiger partial charge < -0.3 is 10.1 Å². The fourth-order valence-electron chi connectivity index (χ4n) is 1.81. The Bertz CT molecular complexity index is 348. The van der Waals surface area contributed by atoms with Gasteiger partial charge in [0.1, 0.15) is 5.75 Å². The Hall–Kier alpha value is -1.23. The molecule has 1 rings (SSSR count). The van der Waals surface area contributed by atoms with Gasteiger partial charge in [-0.2, -0.15) is 0 Å². The molecule has 0 bridgehead atoms. The standard InChI is InChI=1S/C13H18F3NO/c1-3-10(9-17-2)8-11-4-6-12(7-5-11)18-13(14,15)16/h4-7,10,17H,3,8-9H2,1-2H3. The number of benzene rings is 1. The van der Waals surface area contributed by atoms with Crippen LogP contribution >= 0.6 is 0 Å². The van der Waals surface area contributed by atoms with E-state index in [1.165, 1.54) is 12.1 Å². The van der Waals surface area contributed by atoms with Crippen LogP contribution in [0.3, 0.4) is 0 Å². The van der Waals surface area contributed by atoms with E-state index in [0.717, 1.165) is 24.9 Å². The van der Waals surface area contributed by atoms with E-state index in [9.17, 15) is 13.2 Å². The molecule has 0 aliphatic rings. The first-order valence-corrected chi connectivity index (χ1v) is 5.94. The number of nitrogens with one attached hydrogen (secondary N) is 1. The molecule has 0 radical (unpaired) electrons. The van der Waals surface area contributed by atoms with Gasteiger partial charge in [-0.25, -0.2) is 0 Å². The molecular formula is C13H18F3NO. The Morgan fingerprint density at radius 3 is 2.28 bits per heavy atom. The predicted octanol–water partition coefficient (Wildman–Crippen LogP) is 3.37. The summed E-state index contributed by atoms with van der Waals surface area (Å²) in [6.07, 6.45) is -2.75. The van der Waals surface area contributed by atoms with E-state index < -0.39 is 6.36 Å². The highest BCUT2D eigenvalue weighted by molar-refractivity contribution is 5.27. The normalized spacial score (nSPS) is 13.4. The molecule has 1 atom stereocenters. The first-order chi connectivity index (χ1) is 8.44. The van der Waals surface area contributed by atoms with E-state index in [4.69, 9.17) is 0 Å². The van der Waals surface area contributed by atoms with Crippen LogP contribution in [0.2, 0.25) is 0 Å². The van der Waals surface area contributed by atoms with Crippen LogP contribution < -0.4 is 10.1 Å². The van der Waals surface area contributed by atoms with Crippen molar-refractivity contribution in [3.05, 3.63) is 29.8 Å². The summed E-state index contributed by atoms with van der Waals surface area (Å²) in [5, 5.41) is 3.11. The van der Waals surface area contributed by atoms with Gasteiger partial charge in [-0.3, -0.25) is 0 Å². The molecule has 0 aliphatic carbocycles. The Kier molecular flexibility index (Phi) is 5.47. The summed E-state index contributed by atoms with van der Waals surface area (Å²) in [5.74, 6) is 0.317. The summed E-state index contributed by atoms with van der Waals surface area (Å²) < 4.78 is 39.8. The fourth-order valence-corrected chi connectivity index (χ4v) is 1.81. The quantitative estimate of drug-likeness (QED) is 0.847. The van der Waals surface area contributed by atoms with E-state index in [2.05, 4.69) is 17.0 Å². The SMILES string of the molecule is CCC(CNC)Cc1ccc(OC(F)(F)F)cc1. The highest BCUT2D eigenvalue weighted by atomic mass is 19.4. The molecule has 0 aliphatic heterocycles. The molecule has 1 aromatic rings. The van der Waals surface area contributed by atoms with Gasteiger partial charge in [0.05, 0.1) is 0 Å². The third-order valence-corrected chi connectivity index (χ3v) is 2.75. The van der Waals surface area contributed by atoms with E-state index in [-0.39, 0.29) is 5.75 Å². The van der Waals surface area contributed by atoms with Gasteiger partial charge in [0.25, 0.3) is 0 Å². The molecule has 1 aromatic carbocycles. The summed E-state index contributed by atoms with van der Waals surface area (Å²) in [4.78, 5) is 0. The summed E-state index contributed by atoms with van der Waals surface area (Å²) in [6, 6.07) is 6.07. The second-order valence-electron chi connectivity index (χ2n) is 4.23. The molecule has 1 N–H and O–H groups in total. The van der Waals surface area contributed by atoms with Gasteiger partial charge in [0.15, 0.2) is 0 Å². The number of hydrogen-bond acceptors (Lipinski definition) is 2. The van der Waals surface area contributed by atoms with E-state index in [1.54, 1.807) is 12.1 Å². The van der Waals surface area contributed by atoms with Gasteiger partial charge in [0.2, 0.25) is 0 Å². The third kappa shape index (κ3) is 5.40. The number of ether oxygens (including phenoxy) is 1. The third-order valence-electron chi connectivity index (χ3n) is 2.75. The number of hydrogen-bond donors (Lipinski definition) is 1. The molecule has 102 valence electrons. The van der Waals surface area contributed by atoms with Crippen molar-refractivity contribution in [3.63, 3.8) is 0 Å². The minimum absolute atomic E-state index is 0.173. The monoisotopic (exact) mass is 261 g/mol. The molecule has 18 heavy (non-hydrogen) atoms. The molecule has 0 amide bonds. The first kappa shape index (κ1) is 14.8. The van der Waals surface area contributed by atoms with Crippen molar-refractivity contribution in [2.24, 2.45) is 5.92 Å². The van der Waals surface area contributed by atoms with Crippen LogP contribution in [0.5, 0.6) is 5.75 Å². The predicted molar refractivity (Wildman–Crippen MR) is 64.5 cm³/mol. The van der Waals surface area contributed by atoms with Crippen LogP contribution in [0.25, 0.3) is 0 Å². The van der Waals surface area contributed by atoms with Crippen LogP contribution in [-0.2, 0) is 6.42 Å². The number of alkyl halides is 3. The second-order valence-corrected chi connectivity index (χ2v) is 4.23.